The van der Waals surface area contributed by atoms with Crippen molar-refractivity contribution in [1.82, 2.24) is 15.3 Å². The van der Waals surface area contributed by atoms with E-state index < -0.39 is 0 Å². The average molecular weight is 276 g/mol. The molecule has 2 aromatic heterocycles. The van der Waals surface area contributed by atoms with E-state index in [1.807, 2.05) is 6.20 Å². The van der Waals surface area contributed by atoms with Gasteiger partial charge in [-0.25, -0.2) is 9.97 Å². The summed E-state index contributed by atoms with van der Waals surface area (Å²) < 4.78 is 0. The summed E-state index contributed by atoms with van der Waals surface area (Å²) in [6.45, 7) is 2.53. The Kier molecular flexibility index (Phi) is 4.46. The summed E-state index contributed by atoms with van der Waals surface area (Å²) in [6, 6.07) is 3.49. The minimum Gasteiger partial charge on any atom is -0.372 e. The maximum Gasteiger partial charge on any atom is 0.255 e. The third-order valence-electron chi connectivity index (χ3n) is 2.64. The van der Waals surface area contributed by atoms with Crippen LogP contribution in [-0.4, -0.2) is 22.9 Å². The summed E-state index contributed by atoms with van der Waals surface area (Å²) >= 11 is 1.62. The second kappa shape index (κ2) is 6.29. The number of carbonyl (C=O) groups is 1. The first-order valence-electron chi connectivity index (χ1n) is 6.09. The molecule has 100 valence electrons. The van der Waals surface area contributed by atoms with Crippen LogP contribution in [-0.2, 0) is 13.0 Å². The third-order valence-corrected chi connectivity index (χ3v) is 3.78. The molecule has 5 nitrogen and oxygen atoms in total. The number of aryl methyl sites for hydroxylation is 1. The molecule has 0 saturated heterocycles. The van der Waals surface area contributed by atoms with Crippen molar-refractivity contribution >= 4 is 23.1 Å². The van der Waals surface area contributed by atoms with Crippen molar-refractivity contribution in [2.75, 3.05) is 12.4 Å². The summed E-state index contributed by atoms with van der Waals surface area (Å²) in [5.74, 6) is 0.430. The molecule has 0 unspecified atom stereocenters. The molecule has 0 saturated carbocycles. The molecular formula is C13H16N4OS. The van der Waals surface area contributed by atoms with Gasteiger partial charge in [0.05, 0.1) is 12.1 Å². The number of hydrogen-bond acceptors (Lipinski definition) is 5. The maximum absolute atomic E-state index is 12.1. The largest absolute Gasteiger partial charge is 0.372 e. The number of thiazole rings is 1. The van der Waals surface area contributed by atoms with E-state index in [-0.39, 0.29) is 5.91 Å². The summed E-state index contributed by atoms with van der Waals surface area (Å²) in [7, 11) is 1.74. The van der Waals surface area contributed by atoms with Gasteiger partial charge in [0.2, 0.25) is 0 Å². The van der Waals surface area contributed by atoms with E-state index >= 15 is 0 Å². The summed E-state index contributed by atoms with van der Waals surface area (Å²) in [4.78, 5) is 21.7. The van der Waals surface area contributed by atoms with Crippen LogP contribution in [0.5, 0.6) is 0 Å². The zero-order valence-corrected chi connectivity index (χ0v) is 11.8. The Morgan fingerprint density at radius 3 is 2.95 bits per heavy atom. The van der Waals surface area contributed by atoms with E-state index in [1.54, 1.807) is 36.7 Å². The highest BCUT2D eigenvalue weighted by molar-refractivity contribution is 7.11. The molecule has 0 spiro atoms. The van der Waals surface area contributed by atoms with Crippen LogP contribution in [0.1, 0.15) is 27.2 Å². The number of anilines is 1. The number of aromatic nitrogens is 2. The minimum atomic E-state index is -0.148. The lowest BCUT2D eigenvalue weighted by atomic mass is 10.2. The molecule has 0 aliphatic heterocycles. The number of nitrogens with zero attached hydrogens (tertiary/aromatic N) is 2. The number of hydrogen-bond donors (Lipinski definition) is 2. The summed E-state index contributed by atoms with van der Waals surface area (Å²) in [5.41, 5.74) is 0.539. The highest BCUT2D eigenvalue weighted by Gasteiger charge is 2.11. The van der Waals surface area contributed by atoms with Crippen LogP contribution in [0.25, 0.3) is 0 Å². The fraction of sp³-hybridized carbons (Fsp3) is 0.308. The van der Waals surface area contributed by atoms with Gasteiger partial charge in [-0.1, -0.05) is 6.92 Å². The number of amides is 1. The van der Waals surface area contributed by atoms with E-state index in [0.29, 0.717) is 17.9 Å². The SMILES string of the molecule is CCc1cnc(CNC(=O)c2cccnc2NC)s1. The van der Waals surface area contributed by atoms with E-state index in [2.05, 4.69) is 27.5 Å². The molecular weight excluding hydrogens is 260 g/mol. The van der Waals surface area contributed by atoms with Gasteiger partial charge in [0.1, 0.15) is 10.8 Å². The van der Waals surface area contributed by atoms with Crippen molar-refractivity contribution in [1.29, 1.82) is 0 Å². The van der Waals surface area contributed by atoms with Gasteiger partial charge in [0, 0.05) is 24.3 Å². The highest BCUT2D eigenvalue weighted by Crippen LogP contribution is 2.14. The topological polar surface area (TPSA) is 66.9 Å². The lowest BCUT2D eigenvalue weighted by molar-refractivity contribution is 0.0951. The molecule has 0 atom stereocenters. The van der Waals surface area contributed by atoms with Gasteiger partial charge in [-0.15, -0.1) is 11.3 Å². The van der Waals surface area contributed by atoms with Crippen molar-refractivity contribution in [3.05, 3.63) is 40.0 Å². The van der Waals surface area contributed by atoms with Crippen LogP contribution in [0.15, 0.2) is 24.5 Å². The Labute approximate surface area is 116 Å². The van der Waals surface area contributed by atoms with Crippen LogP contribution >= 0.6 is 11.3 Å². The molecule has 2 rings (SSSR count). The number of nitrogens with one attached hydrogen (secondary N) is 2. The normalized spacial score (nSPS) is 10.2. The van der Waals surface area contributed by atoms with Crippen LogP contribution in [0.3, 0.4) is 0 Å². The molecule has 2 heterocycles. The maximum atomic E-state index is 12.1. The van der Waals surface area contributed by atoms with Crippen molar-refractivity contribution < 1.29 is 4.79 Å². The highest BCUT2D eigenvalue weighted by atomic mass is 32.1. The van der Waals surface area contributed by atoms with Gasteiger partial charge in [-0.05, 0) is 18.6 Å². The predicted molar refractivity (Wildman–Crippen MR) is 76.4 cm³/mol. The Balaban J connectivity index is 2.01. The zero-order chi connectivity index (χ0) is 13.7. The lowest BCUT2D eigenvalue weighted by Crippen LogP contribution is -2.23. The van der Waals surface area contributed by atoms with Gasteiger partial charge >= 0.3 is 0 Å². The summed E-state index contributed by atoms with van der Waals surface area (Å²) in [5, 5.41) is 6.68. The zero-order valence-electron chi connectivity index (χ0n) is 10.9. The molecule has 0 bridgehead atoms. The van der Waals surface area contributed by atoms with E-state index in [0.717, 1.165) is 11.4 Å². The number of pyridine rings is 1. The van der Waals surface area contributed by atoms with Crippen LogP contribution in [0.2, 0.25) is 0 Å². The van der Waals surface area contributed by atoms with E-state index in [4.69, 9.17) is 0 Å². The van der Waals surface area contributed by atoms with Crippen LogP contribution in [0, 0.1) is 0 Å². The van der Waals surface area contributed by atoms with E-state index in [9.17, 15) is 4.79 Å². The second-order valence-corrected chi connectivity index (χ2v) is 5.11. The fourth-order valence-corrected chi connectivity index (χ4v) is 2.43. The summed E-state index contributed by atoms with van der Waals surface area (Å²) in [6.07, 6.45) is 4.48. The predicted octanol–water partition coefficient (Wildman–Crippen LogP) is 2.07. The van der Waals surface area contributed by atoms with Crippen molar-refractivity contribution in [2.45, 2.75) is 19.9 Å². The standard InChI is InChI=1S/C13H16N4OS/c1-3-9-7-16-11(19-9)8-17-13(18)10-5-4-6-15-12(10)14-2/h4-7H,3,8H2,1-2H3,(H,14,15)(H,17,18). The molecule has 0 aliphatic rings. The molecule has 1 amide bonds. The Morgan fingerprint density at radius 2 is 2.26 bits per heavy atom. The van der Waals surface area contributed by atoms with Gasteiger partial charge in [0.15, 0.2) is 0 Å². The Morgan fingerprint density at radius 1 is 1.42 bits per heavy atom. The molecule has 2 aromatic rings. The molecule has 2 N–H and O–H groups in total. The van der Waals surface area contributed by atoms with Gasteiger partial charge in [-0.2, -0.15) is 0 Å². The first kappa shape index (κ1) is 13.5. The number of rotatable bonds is 5. The van der Waals surface area contributed by atoms with Crippen molar-refractivity contribution in [3.8, 4) is 0 Å². The molecule has 0 aromatic carbocycles. The monoisotopic (exact) mass is 276 g/mol. The van der Waals surface area contributed by atoms with Gasteiger partial charge in [-0.3, -0.25) is 4.79 Å². The van der Waals surface area contributed by atoms with Gasteiger partial charge in [0.25, 0.3) is 5.91 Å². The van der Waals surface area contributed by atoms with Crippen LogP contribution < -0.4 is 10.6 Å². The second-order valence-electron chi connectivity index (χ2n) is 3.91. The van der Waals surface area contributed by atoms with Crippen molar-refractivity contribution in [2.24, 2.45) is 0 Å². The Hall–Kier alpha value is -1.95. The minimum absolute atomic E-state index is 0.148. The first-order valence-corrected chi connectivity index (χ1v) is 6.90. The lowest BCUT2D eigenvalue weighted by Gasteiger charge is -2.07. The first-order chi connectivity index (χ1) is 9.24. The average Bonchev–Trinajstić information content (AvgIpc) is 2.92. The Bertz CT molecular complexity index is 567. The molecule has 0 fully saturated rings. The third kappa shape index (κ3) is 3.29. The molecule has 6 heteroatoms. The quantitative estimate of drug-likeness (QED) is 0.877. The molecule has 0 aliphatic carbocycles. The number of carbonyl (C=O) groups excluding carboxylic acids is 1. The molecule has 0 radical (unpaired) electrons. The van der Waals surface area contributed by atoms with Crippen molar-refractivity contribution in [3.63, 3.8) is 0 Å². The van der Waals surface area contributed by atoms with Gasteiger partial charge < -0.3 is 10.6 Å². The van der Waals surface area contributed by atoms with E-state index in [1.165, 1.54) is 4.88 Å². The van der Waals surface area contributed by atoms with Crippen LogP contribution in [0.4, 0.5) is 5.82 Å². The fourth-order valence-electron chi connectivity index (χ4n) is 1.63. The molecule has 19 heavy (non-hydrogen) atoms. The smallest absolute Gasteiger partial charge is 0.255 e.